The minimum Gasteiger partial charge on any atom is -0.376 e. The largest absolute Gasteiger partial charge is 0.376 e. The molecule has 0 bridgehead atoms. The number of aromatic nitrogens is 1. The Morgan fingerprint density at radius 2 is 1.95 bits per heavy atom. The Labute approximate surface area is 113 Å². The quantitative estimate of drug-likeness (QED) is 0.689. The van der Waals surface area contributed by atoms with Gasteiger partial charge in [0.25, 0.3) is 5.69 Å². The number of benzene rings is 1. The zero-order chi connectivity index (χ0) is 14.7. The Hall–Kier alpha value is -2.57. The molecule has 0 spiro atoms. The first-order valence-corrected chi connectivity index (χ1v) is 5.76. The monoisotopic (exact) mass is 279 g/mol. The van der Waals surface area contributed by atoms with E-state index >= 15 is 0 Å². The van der Waals surface area contributed by atoms with E-state index in [2.05, 4.69) is 10.3 Å². The smallest absolute Gasteiger partial charge is 0.275 e. The Bertz CT molecular complexity index is 622. The van der Waals surface area contributed by atoms with Crippen molar-refractivity contribution in [1.82, 2.24) is 4.98 Å². The van der Waals surface area contributed by atoms with Crippen LogP contribution in [0.2, 0.25) is 0 Å². The van der Waals surface area contributed by atoms with Crippen molar-refractivity contribution in [3.8, 4) is 0 Å². The van der Waals surface area contributed by atoms with Gasteiger partial charge in [0.15, 0.2) is 11.6 Å². The lowest BCUT2D eigenvalue weighted by atomic mass is 10.2. The summed E-state index contributed by atoms with van der Waals surface area (Å²) >= 11 is 0. The fourth-order valence-corrected chi connectivity index (χ4v) is 1.63. The van der Waals surface area contributed by atoms with E-state index in [4.69, 9.17) is 0 Å². The summed E-state index contributed by atoms with van der Waals surface area (Å²) in [4.78, 5) is 13.7. The number of pyridine rings is 1. The molecule has 0 unspecified atom stereocenters. The normalized spacial score (nSPS) is 10.3. The van der Waals surface area contributed by atoms with E-state index in [9.17, 15) is 18.9 Å². The van der Waals surface area contributed by atoms with Gasteiger partial charge in [0.1, 0.15) is 5.69 Å². The molecule has 0 aliphatic heterocycles. The van der Waals surface area contributed by atoms with Crippen LogP contribution in [-0.4, -0.2) is 9.91 Å². The molecule has 7 heteroatoms. The summed E-state index contributed by atoms with van der Waals surface area (Å²) in [6, 6.07) is 4.91. The van der Waals surface area contributed by atoms with E-state index in [-0.39, 0.29) is 6.54 Å². The van der Waals surface area contributed by atoms with Crippen LogP contribution in [0.1, 0.15) is 11.3 Å². The van der Waals surface area contributed by atoms with Gasteiger partial charge in [-0.2, -0.15) is 0 Å². The summed E-state index contributed by atoms with van der Waals surface area (Å²) in [6.45, 7) is 1.99. The summed E-state index contributed by atoms with van der Waals surface area (Å²) in [6.07, 6.45) is 1.59. The second-order valence-electron chi connectivity index (χ2n) is 4.20. The number of hydrogen-bond acceptors (Lipinski definition) is 4. The highest BCUT2D eigenvalue weighted by molar-refractivity contribution is 5.51. The van der Waals surface area contributed by atoms with Gasteiger partial charge in [-0.25, -0.2) is 8.78 Å². The lowest BCUT2D eigenvalue weighted by molar-refractivity contribution is -0.385. The summed E-state index contributed by atoms with van der Waals surface area (Å²) in [5.41, 5.74) is 0.563. The van der Waals surface area contributed by atoms with Crippen molar-refractivity contribution < 1.29 is 13.7 Å². The van der Waals surface area contributed by atoms with E-state index in [1.807, 2.05) is 6.92 Å². The van der Waals surface area contributed by atoms with Crippen molar-refractivity contribution in [1.29, 1.82) is 0 Å². The molecule has 0 radical (unpaired) electrons. The number of non-ortho nitro benzene ring substituents is 1. The highest BCUT2D eigenvalue weighted by atomic mass is 19.1. The zero-order valence-electron chi connectivity index (χ0n) is 10.6. The molecule has 0 saturated heterocycles. The first kappa shape index (κ1) is 13.9. The molecule has 0 atom stereocenters. The van der Waals surface area contributed by atoms with Crippen molar-refractivity contribution in [2.24, 2.45) is 0 Å². The molecule has 0 saturated carbocycles. The van der Waals surface area contributed by atoms with Crippen LogP contribution in [0.15, 0.2) is 30.5 Å². The van der Waals surface area contributed by atoms with Gasteiger partial charge in [-0.3, -0.25) is 15.1 Å². The Kier molecular flexibility index (Phi) is 3.88. The van der Waals surface area contributed by atoms with Gasteiger partial charge in [-0.1, -0.05) is 6.07 Å². The highest BCUT2D eigenvalue weighted by Gasteiger charge is 2.16. The average Bonchev–Trinajstić information content (AvgIpc) is 2.39. The van der Waals surface area contributed by atoms with Crippen LogP contribution in [0.25, 0.3) is 0 Å². The molecule has 104 valence electrons. The topological polar surface area (TPSA) is 68.1 Å². The summed E-state index contributed by atoms with van der Waals surface area (Å²) < 4.78 is 27.2. The van der Waals surface area contributed by atoms with E-state index in [0.29, 0.717) is 12.1 Å². The van der Waals surface area contributed by atoms with E-state index in [1.165, 1.54) is 0 Å². The van der Waals surface area contributed by atoms with Gasteiger partial charge in [0.05, 0.1) is 17.1 Å². The molecular weight excluding hydrogens is 268 g/mol. The Morgan fingerprint density at radius 3 is 2.45 bits per heavy atom. The van der Waals surface area contributed by atoms with Crippen LogP contribution in [0, 0.1) is 28.7 Å². The van der Waals surface area contributed by atoms with Crippen LogP contribution in [0.4, 0.5) is 20.2 Å². The number of rotatable bonds is 4. The average molecular weight is 279 g/mol. The third-order valence-corrected chi connectivity index (χ3v) is 2.68. The van der Waals surface area contributed by atoms with Crippen LogP contribution in [0.3, 0.4) is 0 Å². The predicted octanol–water partition coefficient (Wildman–Crippen LogP) is 3.19. The number of hydrogen-bond donors (Lipinski definition) is 1. The molecule has 1 N–H and O–H groups in total. The van der Waals surface area contributed by atoms with Crippen molar-refractivity contribution in [2.45, 2.75) is 13.5 Å². The number of nitro benzene ring substituents is 1. The third kappa shape index (κ3) is 3.05. The van der Waals surface area contributed by atoms with E-state index in [1.54, 1.807) is 18.3 Å². The lowest BCUT2D eigenvalue weighted by Crippen LogP contribution is -2.05. The van der Waals surface area contributed by atoms with E-state index < -0.39 is 27.9 Å². The second-order valence-corrected chi connectivity index (χ2v) is 4.20. The fourth-order valence-electron chi connectivity index (χ4n) is 1.63. The van der Waals surface area contributed by atoms with Crippen molar-refractivity contribution in [2.75, 3.05) is 5.32 Å². The molecule has 0 aliphatic carbocycles. The fraction of sp³-hybridized carbons (Fsp3) is 0.154. The molecule has 5 nitrogen and oxygen atoms in total. The first-order chi connectivity index (χ1) is 9.47. The highest BCUT2D eigenvalue weighted by Crippen LogP contribution is 2.25. The van der Waals surface area contributed by atoms with Gasteiger partial charge in [-0.05, 0) is 18.6 Å². The molecule has 20 heavy (non-hydrogen) atoms. The number of aryl methyl sites for hydroxylation is 1. The molecular formula is C13H11F2N3O2. The van der Waals surface area contributed by atoms with Crippen LogP contribution < -0.4 is 5.32 Å². The molecule has 0 fully saturated rings. The van der Waals surface area contributed by atoms with Gasteiger partial charge in [-0.15, -0.1) is 0 Å². The van der Waals surface area contributed by atoms with Crippen molar-refractivity contribution in [3.63, 3.8) is 0 Å². The SMILES string of the molecule is Cc1ccc(CNc2c(F)cc([N+](=O)[O-])cc2F)cn1. The summed E-state index contributed by atoms with van der Waals surface area (Å²) in [5.74, 6) is -2.01. The maximum Gasteiger partial charge on any atom is 0.275 e. The number of anilines is 1. The number of nitrogens with one attached hydrogen (secondary N) is 1. The van der Waals surface area contributed by atoms with Gasteiger partial charge >= 0.3 is 0 Å². The maximum absolute atomic E-state index is 13.6. The van der Waals surface area contributed by atoms with Gasteiger partial charge in [0.2, 0.25) is 0 Å². The summed E-state index contributed by atoms with van der Waals surface area (Å²) in [7, 11) is 0. The van der Waals surface area contributed by atoms with Crippen LogP contribution >= 0.6 is 0 Å². The molecule has 1 aromatic carbocycles. The number of nitro groups is 1. The predicted molar refractivity (Wildman–Crippen MR) is 69.3 cm³/mol. The van der Waals surface area contributed by atoms with Crippen LogP contribution in [-0.2, 0) is 6.54 Å². The maximum atomic E-state index is 13.6. The Morgan fingerprint density at radius 1 is 1.30 bits per heavy atom. The van der Waals surface area contributed by atoms with Crippen LogP contribution in [0.5, 0.6) is 0 Å². The Balaban J connectivity index is 2.17. The molecule has 2 aromatic rings. The first-order valence-electron chi connectivity index (χ1n) is 5.76. The number of halogens is 2. The molecule has 0 amide bonds. The minimum atomic E-state index is -1.00. The lowest BCUT2D eigenvalue weighted by Gasteiger charge is -2.08. The van der Waals surface area contributed by atoms with Gasteiger partial charge in [0, 0.05) is 18.4 Å². The van der Waals surface area contributed by atoms with Crippen molar-refractivity contribution in [3.05, 3.63) is 63.5 Å². The van der Waals surface area contributed by atoms with Gasteiger partial charge < -0.3 is 5.32 Å². The summed E-state index contributed by atoms with van der Waals surface area (Å²) in [5, 5.41) is 13.0. The van der Waals surface area contributed by atoms with Crippen molar-refractivity contribution >= 4 is 11.4 Å². The molecule has 0 aliphatic rings. The molecule has 2 rings (SSSR count). The van der Waals surface area contributed by atoms with E-state index in [0.717, 1.165) is 11.3 Å². The molecule has 1 aromatic heterocycles. The minimum absolute atomic E-state index is 0.166. The second kappa shape index (κ2) is 5.60. The number of nitrogens with zero attached hydrogens (tertiary/aromatic N) is 2. The zero-order valence-corrected chi connectivity index (χ0v) is 10.6. The third-order valence-electron chi connectivity index (χ3n) is 2.68. The standard InChI is InChI=1S/C13H11F2N3O2/c1-8-2-3-9(6-16-8)7-17-13-11(14)4-10(18(19)20)5-12(13)15/h2-6,17H,7H2,1H3. The molecule has 1 heterocycles.